The first-order valence-corrected chi connectivity index (χ1v) is 10.3. The Kier molecular flexibility index (Phi) is 6.38. The molecule has 27 heavy (non-hydrogen) atoms. The molecule has 1 aliphatic heterocycles. The molecule has 0 atom stereocenters. The van der Waals surface area contributed by atoms with Crippen LogP contribution in [0.15, 0.2) is 53.7 Å². The Hall–Kier alpha value is -2.49. The van der Waals surface area contributed by atoms with Crippen molar-refractivity contribution in [2.45, 2.75) is 12.3 Å². The quantitative estimate of drug-likeness (QED) is 0.567. The van der Waals surface area contributed by atoms with Gasteiger partial charge in [0.2, 0.25) is 10.0 Å². The number of benzene rings is 1. The van der Waals surface area contributed by atoms with Gasteiger partial charge in [-0.1, -0.05) is 30.3 Å². The van der Waals surface area contributed by atoms with Gasteiger partial charge in [0.05, 0.1) is 25.5 Å². The second-order valence-corrected chi connectivity index (χ2v) is 8.05. The van der Waals surface area contributed by atoms with E-state index in [4.69, 9.17) is 10.5 Å². The van der Waals surface area contributed by atoms with Crippen LogP contribution in [0.4, 0.5) is 5.82 Å². The van der Waals surface area contributed by atoms with Crippen LogP contribution in [0.1, 0.15) is 11.1 Å². The van der Waals surface area contributed by atoms with Gasteiger partial charge in [-0.2, -0.15) is 4.31 Å². The van der Waals surface area contributed by atoms with E-state index in [1.165, 1.54) is 4.31 Å². The summed E-state index contributed by atoms with van der Waals surface area (Å²) < 4.78 is 32.1. The Morgan fingerprint density at radius 2 is 1.85 bits per heavy atom. The SMILES string of the molecule is NC(=NCc1ccccc1CS(=O)(=O)N1CCOCC1)Nc1ccccn1. The van der Waals surface area contributed by atoms with Crippen molar-refractivity contribution in [3.05, 3.63) is 59.8 Å². The minimum Gasteiger partial charge on any atom is -0.379 e. The lowest BCUT2D eigenvalue weighted by Gasteiger charge is -2.26. The van der Waals surface area contributed by atoms with Crippen LogP contribution in [0.25, 0.3) is 0 Å². The zero-order valence-electron chi connectivity index (χ0n) is 14.9. The van der Waals surface area contributed by atoms with Gasteiger partial charge in [0.15, 0.2) is 5.96 Å². The number of aliphatic imine (C=N–C) groups is 1. The number of anilines is 1. The van der Waals surface area contributed by atoms with Crippen molar-refractivity contribution >= 4 is 21.8 Å². The maximum Gasteiger partial charge on any atom is 0.218 e. The molecule has 2 aromatic rings. The predicted molar refractivity (Wildman–Crippen MR) is 105 cm³/mol. The van der Waals surface area contributed by atoms with Gasteiger partial charge in [0.25, 0.3) is 0 Å². The Morgan fingerprint density at radius 1 is 1.15 bits per heavy atom. The molecule has 1 fully saturated rings. The topological polar surface area (TPSA) is 110 Å². The fraction of sp³-hybridized carbons (Fsp3) is 0.333. The fourth-order valence-electron chi connectivity index (χ4n) is 2.74. The summed E-state index contributed by atoms with van der Waals surface area (Å²) in [4.78, 5) is 8.43. The van der Waals surface area contributed by atoms with Gasteiger partial charge < -0.3 is 15.8 Å². The second kappa shape index (κ2) is 8.94. The molecule has 0 amide bonds. The van der Waals surface area contributed by atoms with Crippen LogP contribution in [0.5, 0.6) is 0 Å². The number of nitrogens with two attached hydrogens (primary N) is 1. The predicted octanol–water partition coefficient (Wildman–Crippen LogP) is 1.17. The molecule has 1 aliphatic rings. The molecule has 0 saturated carbocycles. The average molecular weight is 389 g/mol. The molecular formula is C18H23N5O3S. The number of rotatable bonds is 6. The summed E-state index contributed by atoms with van der Waals surface area (Å²) in [7, 11) is -3.40. The Bertz CT molecular complexity index is 881. The first-order chi connectivity index (χ1) is 13.0. The fourth-order valence-corrected chi connectivity index (χ4v) is 4.31. The van der Waals surface area contributed by atoms with Gasteiger partial charge in [-0.05, 0) is 23.3 Å². The average Bonchev–Trinajstić information content (AvgIpc) is 2.68. The van der Waals surface area contributed by atoms with Gasteiger partial charge in [0, 0.05) is 19.3 Å². The van der Waals surface area contributed by atoms with Crippen molar-refractivity contribution in [2.24, 2.45) is 10.7 Å². The summed E-state index contributed by atoms with van der Waals surface area (Å²) in [5.74, 6) is 0.758. The van der Waals surface area contributed by atoms with Crippen molar-refractivity contribution < 1.29 is 13.2 Å². The molecule has 0 aliphatic carbocycles. The third-order valence-electron chi connectivity index (χ3n) is 4.16. The number of pyridine rings is 1. The zero-order chi connectivity index (χ0) is 19.1. The van der Waals surface area contributed by atoms with Gasteiger partial charge in [-0.3, -0.25) is 0 Å². The van der Waals surface area contributed by atoms with Crippen molar-refractivity contribution in [3.63, 3.8) is 0 Å². The van der Waals surface area contributed by atoms with Crippen LogP contribution in [0.2, 0.25) is 0 Å². The molecule has 3 rings (SSSR count). The van der Waals surface area contributed by atoms with E-state index in [-0.39, 0.29) is 18.3 Å². The Morgan fingerprint density at radius 3 is 2.56 bits per heavy atom. The summed E-state index contributed by atoms with van der Waals surface area (Å²) in [6, 6.07) is 12.8. The van der Waals surface area contributed by atoms with Crippen molar-refractivity contribution in [3.8, 4) is 0 Å². The highest BCUT2D eigenvalue weighted by Gasteiger charge is 2.25. The molecule has 1 saturated heterocycles. The molecule has 3 N–H and O–H groups in total. The third kappa shape index (κ3) is 5.49. The van der Waals surface area contributed by atoms with Crippen LogP contribution < -0.4 is 11.1 Å². The van der Waals surface area contributed by atoms with Crippen LogP contribution in [-0.4, -0.2) is 50.0 Å². The number of nitrogens with one attached hydrogen (secondary N) is 1. The van der Waals surface area contributed by atoms with Crippen LogP contribution >= 0.6 is 0 Å². The molecule has 8 nitrogen and oxygen atoms in total. The number of hydrogen-bond acceptors (Lipinski definition) is 5. The van der Waals surface area contributed by atoms with Crippen molar-refractivity contribution in [1.82, 2.24) is 9.29 Å². The molecule has 0 bridgehead atoms. The van der Waals surface area contributed by atoms with Crippen molar-refractivity contribution in [2.75, 3.05) is 31.6 Å². The lowest BCUT2D eigenvalue weighted by Crippen LogP contribution is -2.41. The van der Waals surface area contributed by atoms with E-state index < -0.39 is 10.0 Å². The largest absolute Gasteiger partial charge is 0.379 e. The smallest absolute Gasteiger partial charge is 0.218 e. The lowest BCUT2D eigenvalue weighted by molar-refractivity contribution is 0.0729. The van der Waals surface area contributed by atoms with Gasteiger partial charge in [-0.15, -0.1) is 0 Å². The molecular weight excluding hydrogens is 366 g/mol. The highest BCUT2D eigenvalue weighted by atomic mass is 32.2. The van der Waals surface area contributed by atoms with Crippen LogP contribution in [0, 0.1) is 0 Å². The van der Waals surface area contributed by atoms with E-state index in [1.807, 2.05) is 36.4 Å². The molecule has 2 heterocycles. The van der Waals surface area contributed by atoms with E-state index in [1.54, 1.807) is 12.3 Å². The summed E-state index contributed by atoms with van der Waals surface area (Å²) in [5, 5.41) is 2.91. The van der Waals surface area contributed by atoms with E-state index >= 15 is 0 Å². The molecule has 0 spiro atoms. The Balaban J connectivity index is 1.69. The summed E-state index contributed by atoms with van der Waals surface area (Å²) >= 11 is 0. The van der Waals surface area contributed by atoms with Gasteiger partial charge in [0.1, 0.15) is 5.82 Å². The number of nitrogens with zero attached hydrogens (tertiary/aromatic N) is 3. The summed E-state index contributed by atoms with van der Waals surface area (Å²) in [5.41, 5.74) is 7.45. The number of guanidine groups is 1. The van der Waals surface area contributed by atoms with Gasteiger partial charge in [-0.25, -0.2) is 18.4 Å². The standard InChI is InChI=1S/C18H23N5O3S/c19-18(22-17-7-3-4-8-20-17)21-13-15-5-1-2-6-16(15)14-27(24,25)23-9-11-26-12-10-23/h1-8H,9-14H2,(H3,19,20,21,22). The Labute approximate surface area is 159 Å². The van der Waals surface area contributed by atoms with Gasteiger partial charge >= 0.3 is 0 Å². The number of aromatic nitrogens is 1. The zero-order valence-corrected chi connectivity index (χ0v) is 15.7. The molecule has 144 valence electrons. The van der Waals surface area contributed by atoms with E-state index in [0.29, 0.717) is 32.1 Å². The van der Waals surface area contributed by atoms with E-state index in [9.17, 15) is 8.42 Å². The molecule has 1 aromatic heterocycles. The number of ether oxygens (including phenoxy) is 1. The normalized spacial score (nSPS) is 16.2. The monoisotopic (exact) mass is 389 g/mol. The molecule has 0 radical (unpaired) electrons. The first kappa shape index (κ1) is 19.3. The maximum absolute atomic E-state index is 12.7. The number of sulfonamides is 1. The molecule has 9 heteroatoms. The highest BCUT2D eigenvalue weighted by Crippen LogP contribution is 2.17. The second-order valence-electron chi connectivity index (χ2n) is 6.08. The van der Waals surface area contributed by atoms with E-state index in [0.717, 1.165) is 11.1 Å². The highest BCUT2D eigenvalue weighted by molar-refractivity contribution is 7.88. The summed E-state index contributed by atoms with van der Waals surface area (Å²) in [6.07, 6.45) is 1.65. The minimum absolute atomic E-state index is 0.0632. The summed E-state index contributed by atoms with van der Waals surface area (Å²) in [6.45, 7) is 1.93. The molecule has 0 unspecified atom stereocenters. The number of morpholine rings is 1. The van der Waals surface area contributed by atoms with Crippen LogP contribution in [0.3, 0.4) is 0 Å². The minimum atomic E-state index is -3.40. The number of hydrogen-bond donors (Lipinski definition) is 2. The van der Waals surface area contributed by atoms with E-state index in [2.05, 4.69) is 15.3 Å². The molecule has 1 aromatic carbocycles. The first-order valence-electron chi connectivity index (χ1n) is 8.65. The van der Waals surface area contributed by atoms with Crippen LogP contribution in [-0.2, 0) is 27.1 Å². The lowest BCUT2D eigenvalue weighted by atomic mass is 10.1. The third-order valence-corrected chi connectivity index (χ3v) is 5.99. The van der Waals surface area contributed by atoms with Crippen molar-refractivity contribution in [1.29, 1.82) is 0 Å². The maximum atomic E-state index is 12.7.